The molecule has 0 saturated heterocycles. The topological polar surface area (TPSA) is 51.8 Å². The molecule has 2 N–H and O–H groups in total. The third-order valence-corrected chi connectivity index (χ3v) is 0.904. The van der Waals surface area contributed by atoms with Gasteiger partial charge in [-0.25, -0.2) is 0 Å². The van der Waals surface area contributed by atoms with Crippen molar-refractivity contribution in [3.05, 3.63) is 24.5 Å². The fourth-order valence-electron chi connectivity index (χ4n) is 0.499. The predicted octanol–water partition coefficient (Wildman–Crippen LogP) is 0.702. The maximum absolute atomic E-state index is 5.38. The quantitative estimate of drug-likeness (QED) is 0.595. The zero-order valence-electron chi connectivity index (χ0n) is 4.91. The lowest BCUT2D eigenvalue weighted by atomic mass is 10.3. The lowest BCUT2D eigenvalue weighted by molar-refractivity contribution is 1.02. The second kappa shape index (κ2) is 2.26. The second-order valence-electron chi connectivity index (χ2n) is 1.62. The van der Waals surface area contributed by atoms with Crippen LogP contribution in [-0.4, -0.2) is 10.2 Å². The summed E-state index contributed by atoms with van der Waals surface area (Å²) < 4.78 is 0. The highest BCUT2D eigenvalue weighted by atomic mass is 15.1. The fourth-order valence-corrected chi connectivity index (χ4v) is 0.499. The molecule has 0 aliphatic rings. The molecule has 0 aromatic carbocycles. The van der Waals surface area contributed by atoms with Crippen molar-refractivity contribution in [2.24, 2.45) is 0 Å². The number of hydrogen-bond acceptors (Lipinski definition) is 3. The van der Waals surface area contributed by atoms with Crippen LogP contribution in [0.5, 0.6) is 0 Å². The van der Waals surface area contributed by atoms with Gasteiger partial charge in [-0.3, -0.25) is 0 Å². The van der Waals surface area contributed by atoms with Gasteiger partial charge in [0.25, 0.3) is 0 Å². The van der Waals surface area contributed by atoms with Crippen molar-refractivity contribution in [2.75, 3.05) is 5.73 Å². The van der Waals surface area contributed by atoms with E-state index in [2.05, 4.69) is 16.8 Å². The SMILES string of the molecule is C=Cc1cc(N)cnn1. The van der Waals surface area contributed by atoms with E-state index in [1.165, 1.54) is 6.20 Å². The maximum atomic E-state index is 5.38. The number of nitrogens with two attached hydrogens (primary N) is 1. The first-order valence-electron chi connectivity index (χ1n) is 2.53. The average Bonchev–Trinajstić information content (AvgIpc) is 1.88. The van der Waals surface area contributed by atoms with Crippen LogP contribution < -0.4 is 5.73 Å². The molecular formula is C6H7N3. The third-order valence-electron chi connectivity index (χ3n) is 0.904. The van der Waals surface area contributed by atoms with Crippen LogP contribution in [0.25, 0.3) is 6.08 Å². The van der Waals surface area contributed by atoms with Gasteiger partial charge in [0.15, 0.2) is 0 Å². The molecule has 0 bridgehead atoms. The Labute approximate surface area is 53.2 Å². The minimum absolute atomic E-state index is 0.611. The van der Waals surface area contributed by atoms with Gasteiger partial charge in [-0.15, -0.1) is 0 Å². The Morgan fingerprint density at radius 1 is 1.67 bits per heavy atom. The van der Waals surface area contributed by atoms with Crippen molar-refractivity contribution < 1.29 is 0 Å². The van der Waals surface area contributed by atoms with Crippen LogP contribution in [0.3, 0.4) is 0 Å². The number of nitrogen functional groups attached to an aromatic ring is 1. The van der Waals surface area contributed by atoms with Crippen molar-refractivity contribution in [1.29, 1.82) is 0 Å². The fraction of sp³-hybridized carbons (Fsp3) is 0. The summed E-state index contributed by atoms with van der Waals surface area (Å²) in [5.41, 5.74) is 6.70. The zero-order chi connectivity index (χ0) is 6.69. The standard InChI is InChI=1S/C6H7N3/c1-2-6-3-5(7)4-8-9-6/h2-4H,1H2,(H2,7,9). The van der Waals surface area contributed by atoms with Gasteiger partial charge in [0.05, 0.1) is 17.6 Å². The van der Waals surface area contributed by atoms with Crippen molar-refractivity contribution in [2.45, 2.75) is 0 Å². The highest BCUT2D eigenvalue weighted by Gasteiger charge is 1.86. The molecule has 1 aromatic heterocycles. The van der Waals surface area contributed by atoms with Crippen molar-refractivity contribution in [1.82, 2.24) is 10.2 Å². The average molecular weight is 121 g/mol. The molecule has 0 amide bonds. The molecule has 0 atom stereocenters. The van der Waals surface area contributed by atoms with Crippen LogP contribution in [0.2, 0.25) is 0 Å². The van der Waals surface area contributed by atoms with Crippen molar-refractivity contribution in [3.8, 4) is 0 Å². The van der Waals surface area contributed by atoms with Crippen LogP contribution in [0, 0.1) is 0 Å². The third kappa shape index (κ3) is 1.25. The Balaban J connectivity index is 3.07. The number of hydrogen-bond donors (Lipinski definition) is 1. The lowest BCUT2D eigenvalue weighted by Crippen LogP contribution is -1.90. The van der Waals surface area contributed by atoms with E-state index in [9.17, 15) is 0 Å². The molecule has 0 aliphatic heterocycles. The molecule has 0 radical (unpaired) electrons. The molecule has 46 valence electrons. The molecule has 1 rings (SSSR count). The van der Waals surface area contributed by atoms with Gasteiger partial charge in [0.1, 0.15) is 0 Å². The molecule has 1 heterocycles. The summed E-state index contributed by atoms with van der Waals surface area (Å²) in [7, 11) is 0. The summed E-state index contributed by atoms with van der Waals surface area (Å²) >= 11 is 0. The minimum atomic E-state index is 0.611. The molecule has 0 spiro atoms. The Morgan fingerprint density at radius 3 is 2.89 bits per heavy atom. The Morgan fingerprint density at radius 2 is 2.44 bits per heavy atom. The van der Waals surface area contributed by atoms with Crippen LogP contribution >= 0.6 is 0 Å². The monoisotopic (exact) mass is 121 g/mol. The summed E-state index contributed by atoms with van der Waals surface area (Å²) in [4.78, 5) is 0. The van der Waals surface area contributed by atoms with E-state index in [0.717, 1.165) is 0 Å². The smallest absolute Gasteiger partial charge is 0.0872 e. The lowest BCUT2D eigenvalue weighted by Gasteiger charge is -1.90. The van der Waals surface area contributed by atoms with Crippen molar-refractivity contribution >= 4 is 11.8 Å². The molecule has 0 aliphatic carbocycles. The highest BCUT2D eigenvalue weighted by molar-refractivity contribution is 5.47. The number of anilines is 1. The van der Waals surface area contributed by atoms with Gasteiger partial charge < -0.3 is 5.73 Å². The number of rotatable bonds is 1. The van der Waals surface area contributed by atoms with Crippen LogP contribution in [-0.2, 0) is 0 Å². The summed E-state index contributed by atoms with van der Waals surface area (Å²) in [6.45, 7) is 3.51. The molecule has 0 saturated carbocycles. The normalized spacial score (nSPS) is 8.89. The van der Waals surface area contributed by atoms with Gasteiger partial charge in [-0.05, 0) is 12.1 Å². The van der Waals surface area contributed by atoms with Crippen molar-refractivity contribution in [3.63, 3.8) is 0 Å². The summed E-state index contributed by atoms with van der Waals surface area (Å²) in [6, 6.07) is 1.71. The number of aromatic nitrogens is 2. The second-order valence-corrected chi connectivity index (χ2v) is 1.62. The highest BCUT2D eigenvalue weighted by Crippen LogP contribution is 2.00. The van der Waals surface area contributed by atoms with E-state index in [1.54, 1.807) is 12.1 Å². The molecule has 0 unspecified atom stereocenters. The Kier molecular flexibility index (Phi) is 1.44. The van der Waals surface area contributed by atoms with E-state index in [0.29, 0.717) is 11.4 Å². The summed E-state index contributed by atoms with van der Waals surface area (Å²) in [6.07, 6.45) is 3.09. The molecule has 0 fully saturated rings. The van der Waals surface area contributed by atoms with Gasteiger partial charge >= 0.3 is 0 Å². The van der Waals surface area contributed by atoms with Crippen LogP contribution in [0.1, 0.15) is 5.69 Å². The summed E-state index contributed by atoms with van der Waals surface area (Å²) in [5.74, 6) is 0. The van der Waals surface area contributed by atoms with Gasteiger partial charge in [0, 0.05) is 0 Å². The Bertz CT molecular complexity index is 219. The first-order valence-corrected chi connectivity index (χ1v) is 2.53. The van der Waals surface area contributed by atoms with E-state index in [4.69, 9.17) is 5.73 Å². The van der Waals surface area contributed by atoms with E-state index >= 15 is 0 Å². The number of nitrogens with zero attached hydrogens (tertiary/aromatic N) is 2. The molecule has 3 heteroatoms. The molecule has 1 aromatic rings. The van der Waals surface area contributed by atoms with Gasteiger partial charge in [0.2, 0.25) is 0 Å². The zero-order valence-corrected chi connectivity index (χ0v) is 4.91. The summed E-state index contributed by atoms with van der Waals surface area (Å²) in [5, 5.41) is 7.32. The van der Waals surface area contributed by atoms with Crippen LogP contribution in [0.4, 0.5) is 5.69 Å². The van der Waals surface area contributed by atoms with Gasteiger partial charge in [-0.2, -0.15) is 10.2 Å². The largest absolute Gasteiger partial charge is 0.397 e. The maximum Gasteiger partial charge on any atom is 0.0872 e. The van der Waals surface area contributed by atoms with E-state index < -0.39 is 0 Å². The van der Waals surface area contributed by atoms with E-state index in [1.807, 2.05) is 0 Å². The first-order chi connectivity index (χ1) is 4.33. The molecular weight excluding hydrogens is 114 g/mol. The Hall–Kier alpha value is -1.38. The van der Waals surface area contributed by atoms with Gasteiger partial charge in [-0.1, -0.05) is 6.58 Å². The molecule has 3 nitrogen and oxygen atoms in total. The first kappa shape index (κ1) is 5.75. The molecule has 9 heavy (non-hydrogen) atoms. The van der Waals surface area contributed by atoms with Crippen LogP contribution in [0.15, 0.2) is 18.8 Å². The minimum Gasteiger partial charge on any atom is -0.397 e. The van der Waals surface area contributed by atoms with E-state index in [-0.39, 0.29) is 0 Å². The predicted molar refractivity (Wildman–Crippen MR) is 36.5 cm³/mol.